The fraction of sp³-hybridized carbons (Fsp3) is 0.429. The normalized spacial score (nSPS) is 14.3. The summed E-state index contributed by atoms with van der Waals surface area (Å²) in [6.07, 6.45) is 3.95. The summed E-state index contributed by atoms with van der Waals surface area (Å²) >= 11 is 5.43. The highest BCUT2D eigenvalue weighted by Crippen LogP contribution is 2.25. The molecule has 3 nitrogen and oxygen atoms in total. The third kappa shape index (κ3) is 2.99. The molecular weight excluding hydrogens is 242 g/mol. The summed E-state index contributed by atoms with van der Waals surface area (Å²) in [7, 11) is 0. The summed E-state index contributed by atoms with van der Waals surface area (Å²) in [5, 5.41) is 12.4. The number of anilines is 1. The number of hydrogen-bond acceptors (Lipinski definition) is 2. The van der Waals surface area contributed by atoms with E-state index in [9.17, 15) is 0 Å². The van der Waals surface area contributed by atoms with E-state index in [0.29, 0.717) is 13.0 Å². The van der Waals surface area contributed by atoms with Crippen LogP contribution < -0.4 is 10.2 Å². The highest BCUT2D eigenvalue weighted by atomic mass is 32.1. The van der Waals surface area contributed by atoms with Gasteiger partial charge >= 0.3 is 0 Å². The first-order valence-corrected chi connectivity index (χ1v) is 6.74. The van der Waals surface area contributed by atoms with Crippen molar-refractivity contribution in [1.29, 1.82) is 5.26 Å². The number of para-hydroxylation sites is 1. The van der Waals surface area contributed by atoms with Crippen molar-refractivity contribution >= 4 is 23.0 Å². The number of thiocarbonyl (C=S) groups is 1. The molecule has 1 heterocycles. The number of fused-ring (bicyclic) bond motifs is 1. The highest BCUT2D eigenvalue weighted by molar-refractivity contribution is 7.80. The number of hydrogen-bond donors (Lipinski definition) is 1. The van der Waals surface area contributed by atoms with E-state index in [1.54, 1.807) is 0 Å². The van der Waals surface area contributed by atoms with Crippen LogP contribution in [0.2, 0.25) is 0 Å². The zero-order chi connectivity index (χ0) is 12.8. The molecule has 1 aromatic rings. The summed E-state index contributed by atoms with van der Waals surface area (Å²) in [6, 6.07) is 10.5. The van der Waals surface area contributed by atoms with Gasteiger partial charge in [-0.1, -0.05) is 18.2 Å². The summed E-state index contributed by atoms with van der Waals surface area (Å²) in [5.74, 6) is 0. The molecule has 0 bridgehead atoms. The Balaban J connectivity index is 2.12. The van der Waals surface area contributed by atoms with Crippen molar-refractivity contribution in [2.24, 2.45) is 0 Å². The molecule has 1 N–H and O–H groups in total. The van der Waals surface area contributed by atoms with E-state index in [1.807, 2.05) is 0 Å². The van der Waals surface area contributed by atoms with Gasteiger partial charge in [-0.2, -0.15) is 5.26 Å². The van der Waals surface area contributed by atoms with Gasteiger partial charge in [0.25, 0.3) is 0 Å². The van der Waals surface area contributed by atoms with E-state index in [-0.39, 0.29) is 0 Å². The van der Waals surface area contributed by atoms with Crippen molar-refractivity contribution in [2.45, 2.75) is 25.7 Å². The van der Waals surface area contributed by atoms with E-state index >= 15 is 0 Å². The first-order chi connectivity index (χ1) is 8.83. The molecule has 4 heteroatoms. The minimum atomic E-state index is 0.482. The average molecular weight is 259 g/mol. The predicted molar refractivity (Wildman–Crippen MR) is 77.6 cm³/mol. The van der Waals surface area contributed by atoms with Gasteiger partial charge in [-0.15, -0.1) is 0 Å². The lowest BCUT2D eigenvalue weighted by molar-refractivity contribution is 0.760. The number of nitriles is 1. The van der Waals surface area contributed by atoms with Crippen molar-refractivity contribution in [3.05, 3.63) is 29.8 Å². The van der Waals surface area contributed by atoms with Crippen LogP contribution in [-0.2, 0) is 6.42 Å². The first kappa shape index (κ1) is 12.8. The second-order valence-electron chi connectivity index (χ2n) is 4.38. The number of nitrogens with one attached hydrogen (secondary N) is 1. The van der Waals surface area contributed by atoms with Crippen molar-refractivity contribution in [3.63, 3.8) is 0 Å². The molecule has 1 aliphatic heterocycles. The lowest BCUT2D eigenvalue weighted by Gasteiger charge is -2.25. The Morgan fingerprint density at radius 1 is 1.39 bits per heavy atom. The van der Waals surface area contributed by atoms with Crippen LogP contribution in [-0.4, -0.2) is 18.2 Å². The SMILES string of the molecule is N#CCCNC(=S)N1CCCCc2ccccc21. The minimum absolute atomic E-state index is 0.482. The van der Waals surface area contributed by atoms with Crippen LogP contribution in [0.25, 0.3) is 0 Å². The van der Waals surface area contributed by atoms with E-state index < -0.39 is 0 Å². The van der Waals surface area contributed by atoms with Gasteiger partial charge in [-0.05, 0) is 43.1 Å². The fourth-order valence-corrected chi connectivity index (χ4v) is 2.51. The molecule has 2 rings (SSSR count). The molecule has 94 valence electrons. The zero-order valence-corrected chi connectivity index (χ0v) is 11.2. The van der Waals surface area contributed by atoms with Gasteiger partial charge in [0.05, 0.1) is 12.5 Å². The van der Waals surface area contributed by atoms with Crippen LogP contribution in [0.15, 0.2) is 24.3 Å². The van der Waals surface area contributed by atoms with Crippen LogP contribution in [0.1, 0.15) is 24.8 Å². The molecule has 0 unspecified atom stereocenters. The lowest BCUT2D eigenvalue weighted by Crippen LogP contribution is -2.40. The maximum Gasteiger partial charge on any atom is 0.173 e. The van der Waals surface area contributed by atoms with Gasteiger partial charge < -0.3 is 10.2 Å². The topological polar surface area (TPSA) is 39.1 Å². The van der Waals surface area contributed by atoms with Crippen LogP contribution in [0.4, 0.5) is 5.69 Å². The van der Waals surface area contributed by atoms with Crippen LogP contribution in [0.5, 0.6) is 0 Å². The Morgan fingerprint density at radius 3 is 3.06 bits per heavy atom. The Morgan fingerprint density at radius 2 is 2.22 bits per heavy atom. The molecule has 0 saturated heterocycles. The Labute approximate surface area is 113 Å². The molecule has 1 aliphatic rings. The van der Waals surface area contributed by atoms with Crippen molar-refractivity contribution < 1.29 is 0 Å². The molecule has 18 heavy (non-hydrogen) atoms. The molecule has 1 aromatic carbocycles. The number of rotatable bonds is 2. The standard InChI is InChI=1S/C14H17N3S/c15-9-5-10-16-14(18)17-11-4-3-7-12-6-1-2-8-13(12)17/h1-2,6,8H,3-5,7,10-11H2,(H,16,18). The fourth-order valence-electron chi connectivity index (χ4n) is 2.22. The van der Waals surface area contributed by atoms with Gasteiger partial charge in [0, 0.05) is 18.8 Å². The molecular formula is C14H17N3S. The van der Waals surface area contributed by atoms with Crippen LogP contribution >= 0.6 is 12.2 Å². The van der Waals surface area contributed by atoms with Gasteiger partial charge in [0.15, 0.2) is 5.11 Å². The molecule has 0 aliphatic carbocycles. The monoisotopic (exact) mass is 259 g/mol. The van der Waals surface area contributed by atoms with E-state index in [4.69, 9.17) is 17.5 Å². The number of nitrogens with zero attached hydrogens (tertiary/aromatic N) is 2. The lowest BCUT2D eigenvalue weighted by atomic mass is 10.1. The predicted octanol–water partition coefficient (Wildman–Crippen LogP) is 2.62. The molecule has 0 aromatic heterocycles. The first-order valence-electron chi connectivity index (χ1n) is 6.33. The van der Waals surface area contributed by atoms with Gasteiger partial charge in [-0.3, -0.25) is 0 Å². The molecule has 0 saturated carbocycles. The van der Waals surface area contributed by atoms with E-state index in [0.717, 1.165) is 24.5 Å². The maximum absolute atomic E-state index is 8.55. The average Bonchev–Trinajstić information content (AvgIpc) is 2.61. The zero-order valence-electron chi connectivity index (χ0n) is 10.4. The number of aryl methyl sites for hydroxylation is 1. The summed E-state index contributed by atoms with van der Waals surface area (Å²) < 4.78 is 0. The third-order valence-electron chi connectivity index (χ3n) is 3.12. The minimum Gasteiger partial charge on any atom is -0.361 e. The van der Waals surface area contributed by atoms with Crippen molar-refractivity contribution in [2.75, 3.05) is 18.0 Å². The summed E-state index contributed by atoms with van der Waals surface area (Å²) in [6.45, 7) is 1.57. The van der Waals surface area contributed by atoms with Gasteiger partial charge in [0.2, 0.25) is 0 Å². The molecule has 0 amide bonds. The largest absolute Gasteiger partial charge is 0.361 e. The molecule has 0 atom stereocenters. The smallest absolute Gasteiger partial charge is 0.173 e. The quantitative estimate of drug-likeness (QED) is 0.654. The van der Waals surface area contributed by atoms with Crippen molar-refractivity contribution in [1.82, 2.24) is 5.32 Å². The second-order valence-corrected chi connectivity index (χ2v) is 4.76. The second kappa shape index (κ2) is 6.36. The molecule has 0 fully saturated rings. The number of benzene rings is 1. The maximum atomic E-state index is 8.55. The van der Waals surface area contributed by atoms with E-state index in [2.05, 4.69) is 40.6 Å². The third-order valence-corrected chi connectivity index (χ3v) is 3.48. The highest BCUT2D eigenvalue weighted by Gasteiger charge is 2.17. The van der Waals surface area contributed by atoms with Crippen LogP contribution in [0.3, 0.4) is 0 Å². The van der Waals surface area contributed by atoms with Gasteiger partial charge in [0.1, 0.15) is 0 Å². The Kier molecular flexibility index (Phi) is 4.54. The summed E-state index contributed by atoms with van der Waals surface area (Å²) in [4.78, 5) is 2.16. The molecule has 0 spiro atoms. The van der Waals surface area contributed by atoms with Crippen molar-refractivity contribution in [3.8, 4) is 6.07 Å². The molecule has 0 radical (unpaired) electrons. The van der Waals surface area contributed by atoms with E-state index in [1.165, 1.54) is 17.7 Å². The Bertz CT molecular complexity index is 464. The summed E-state index contributed by atoms with van der Waals surface area (Å²) in [5.41, 5.74) is 2.57. The van der Waals surface area contributed by atoms with Crippen LogP contribution in [0, 0.1) is 11.3 Å². The van der Waals surface area contributed by atoms with Gasteiger partial charge in [-0.25, -0.2) is 0 Å². The Hall–Kier alpha value is -1.60.